The van der Waals surface area contributed by atoms with Gasteiger partial charge in [-0.2, -0.15) is 0 Å². The van der Waals surface area contributed by atoms with Crippen molar-refractivity contribution in [3.05, 3.63) is 80.9 Å². The van der Waals surface area contributed by atoms with Crippen LogP contribution in [-0.2, 0) is 11.4 Å². The maximum atomic E-state index is 13.2. The summed E-state index contributed by atoms with van der Waals surface area (Å²) in [5.41, 5.74) is 2.16. The van der Waals surface area contributed by atoms with Crippen molar-refractivity contribution >= 4 is 61.9 Å². The Kier molecular flexibility index (Phi) is 6.68. The van der Waals surface area contributed by atoms with Crippen LogP contribution in [0, 0.1) is 5.82 Å². The lowest BCUT2D eigenvalue weighted by molar-refractivity contribution is -0.113. The van der Waals surface area contributed by atoms with Crippen molar-refractivity contribution in [3.8, 4) is 23.0 Å². The van der Waals surface area contributed by atoms with E-state index in [1.54, 1.807) is 42.5 Å². The number of ether oxygens (including phenoxy) is 4. The molecule has 1 fully saturated rings. The third kappa shape index (κ3) is 4.86. The molecule has 1 amide bonds. The van der Waals surface area contributed by atoms with Crippen LogP contribution in [-0.4, -0.2) is 24.1 Å². The second-order valence-electron chi connectivity index (χ2n) is 7.50. The summed E-state index contributed by atoms with van der Waals surface area (Å²) < 4.78 is 36.4. The number of halogens is 2. The van der Waals surface area contributed by atoms with Crippen molar-refractivity contribution in [2.24, 2.45) is 0 Å². The highest BCUT2D eigenvalue weighted by Crippen LogP contribution is 2.42. The normalized spacial score (nSPS) is 15.7. The van der Waals surface area contributed by atoms with Gasteiger partial charge in [-0.25, -0.2) is 4.39 Å². The molecule has 1 saturated heterocycles. The monoisotopic (exact) mass is 573 g/mol. The molecular weight excluding hydrogens is 557 g/mol. The number of fused-ring (bicyclic) bond motifs is 1. The molecule has 0 spiro atoms. The van der Waals surface area contributed by atoms with Crippen molar-refractivity contribution in [1.82, 2.24) is 0 Å². The lowest BCUT2D eigenvalue weighted by atomic mass is 10.1. The van der Waals surface area contributed by atoms with E-state index in [0.29, 0.717) is 42.4 Å². The van der Waals surface area contributed by atoms with Crippen molar-refractivity contribution in [1.29, 1.82) is 0 Å². The van der Waals surface area contributed by atoms with Crippen molar-refractivity contribution in [2.45, 2.75) is 6.61 Å². The molecular formula is C25H17BrFNO5S2. The fraction of sp³-hybridized carbons (Fsp3) is 0.120. The number of methoxy groups -OCH3 is 1. The Balaban J connectivity index is 1.38. The van der Waals surface area contributed by atoms with Gasteiger partial charge in [-0.05, 0) is 69.5 Å². The quantitative estimate of drug-likeness (QED) is 0.253. The smallest absolute Gasteiger partial charge is 0.270 e. The number of thiocarbonyl (C=S) groups is 1. The number of carbonyl (C=O) groups excluding carboxylic acids is 1. The number of benzene rings is 3. The summed E-state index contributed by atoms with van der Waals surface area (Å²) in [4.78, 5) is 15.1. The molecule has 2 heterocycles. The number of rotatable bonds is 6. The Morgan fingerprint density at radius 3 is 2.69 bits per heavy atom. The Bertz CT molecular complexity index is 1360. The van der Waals surface area contributed by atoms with Crippen molar-refractivity contribution in [3.63, 3.8) is 0 Å². The molecule has 0 atom stereocenters. The van der Waals surface area contributed by atoms with E-state index < -0.39 is 0 Å². The molecule has 0 unspecified atom stereocenters. The molecule has 0 saturated carbocycles. The second-order valence-corrected chi connectivity index (χ2v) is 10.0. The lowest BCUT2D eigenvalue weighted by Crippen LogP contribution is -2.27. The first kappa shape index (κ1) is 23.7. The van der Waals surface area contributed by atoms with Crippen LogP contribution in [0.25, 0.3) is 6.08 Å². The van der Waals surface area contributed by atoms with E-state index in [1.807, 2.05) is 6.07 Å². The number of hydrogen-bond acceptors (Lipinski definition) is 7. The third-order valence-electron chi connectivity index (χ3n) is 5.25. The highest BCUT2D eigenvalue weighted by atomic mass is 79.9. The third-order valence-corrected chi connectivity index (χ3v) is 7.15. The molecule has 2 aliphatic rings. The molecule has 0 bridgehead atoms. The standard InChI is InChI=1S/C25H17BrFNO5S2/c1-30-21-9-15(8-18(26)23(21)31-12-14-2-4-16(27)5-3-14)10-22-24(29)28(25(34)35-22)17-6-7-19-20(11-17)33-13-32-19/h2-11H,12-13H2,1H3/b22-10+. The first-order chi connectivity index (χ1) is 16.9. The summed E-state index contributed by atoms with van der Waals surface area (Å²) in [6.07, 6.45) is 1.75. The van der Waals surface area contributed by atoms with E-state index in [2.05, 4.69) is 15.9 Å². The van der Waals surface area contributed by atoms with Crippen LogP contribution in [0.3, 0.4) is 0 Å². The van der Waals surface area contributed by atoms with E-state index in [1.165, 1.54) is 35.9 Å². The summed E-state index contributed by atoms with van der Waals surface area (Å²) in [6.45, 7) is 0.389. The van der Waals surface area contributed by atoms with Gasteiger partial charge in [0.1, 0.15) is 12.4 Å². The molecule has 3 aromatic rings. The van der Waals surface area contributed by atoms with Crippen LogP contribution in [0.15, 0.2) is 64.0 Å². The summed E-state index contributed by atoms with van der Waals surface area (Å²) in [7, 11) is 1.54. The Labute approximate surface area is 218 Å². The molecule has 3 aromatic carbocycles. The summed E-state index contributed by atoms with van der Waals surface area (Å²) in [5.74, 6) is 1.66. The number of carbonyl (C=O) groups is 1. The minimum Gasteiger partial charge on any atom is -0.493 e. The summed E-state index contributed by atoms with van der Waals surface area (Å²) in [5, 5.41) is 0. The van der Waals surface area contributed by atoms with Gasteiger partial charge in [0.2, 0.25) is 6.79 Å². The van der Waals surface area contributed by atoms with Gasteiger partial charge in [0.25, 0.3) is 5.91 Å². The highest BCUT2D eigenvalue weighted by molar-refractivity contribution is 9.10. The molecule has 10 heteroatoms. The zero-order chi connectivity index (χ0) is 24.5. The molecule has 0 radical (unpaired) electrons. The predicted molar refractivity (Wildman–Crippen MR) is 140 cm³/mol. The van der Waals surface area contributed by atoms with Crippen molar-refractivity contribution in [2.75, 3.05) is 18.8 Å². The molecule has 178 valence electrons. The van der Waals surface area contributed by atoms with Gasteiger partial charge in [0.05, 0.1) is 22.2 Å². The van der Waals surface area contributed by atoms with E-state index in [4.69, 9.17) is 31.2 Å². The minimum atomic E-state index is -0.305. The van der Waals surface area contributed by atoms with Crippen LogP contribution < -0.4 is 23.8 Å². The van der Waals surface area contributed by atoms with E-state index in [0.717, 1.165) is 11.1 Å². The molecule has 0 aliphatic carbocycles. The van der Waals surface area contributed by atoms with Crippen LogP contribution >= 0.6 is 39.9 Å². The zero-order valence-corrected chi connectivity index (χ0v) is 21.5. The average Bonchev–Trinajstić information content (AvgIpc) is 3.42. The summed E-state index contributed by atoms with van der Waals surface area (Å²) in [6, 6.07) is 15.0. The average molecular weight is 574 g/mol. The van der Waals surface area contributed by atoms with E-state index in [-0.39, 0.29) is 25.1 Å². The van der Waals surface area contributed by atoms with Crippen LogP contribution in [0.4, 0.5) is 10.1 Å². The van der Waals surface area contributed by atoms with E-state index >= 15 is 0 Å². The molecule has 5 rings (SSSR count). The molecule has 0 N–H and O–H groups in total. The number of anilines is 1. The number of nitrogens with zero attached hydrogens (tertiary/aromatic N) is 1. The highest BCUT2D eigenvalue weighted by Gasteiger charge is 2.34. The Morgan fingerprint density at radius 1 is 1.14 bits per heavy atom. The first-order valence-electron chi connectivity index (χ1n) is 10.4. The molecule has 2 aliphatic heterocycles. The topological polar surface area (TPSA) is 57.2 Å². The zero-order valence-electron chi connectivity index (χ0n) is 18.2. The van der Waals surface area contributed by atoms with Gasteiger partial charge in [-0.3, -0.25) is 9.69 Å². The van der Waals surface area contributed by atoms with Gasteiger partial charge < -0.3 is 18.9 Å². The second kappa shape index (κ2) is 9.88. The SMILES string of the molecule is COc1cc(/C=C2/SC(=S)N(c3ccc4c(c3)OCO4)C2=O)cc(Br)c1OCc1ccc(F)cc1. The van der Waals surface area contributed by atoms with Gasteiger partial charge in [0.15, 0.2) is 27.3 Å². The van der Waals surface area contributed by atoms with E-state index in [9.17, 15) is 9.18 Å². The van der Waals surface area contributed by atoms with Crippen LogP contribution in [0.2, 0.25) is 0 Å². The Morgan fingerprint density at radius 2 is 1.91 bits per heavy atom. The maximum absolute atomic E-state index is 13.2. The summed E-state index contributed by atoms with van der Waals surface area (Å²) >= 11 is 10.2. The Hall–Kier alpha value is -3.08. The fourth-order valence-electron chi connectivity index (χ4n) is 3.57. The van der Waals surface area contributed by atoms with Crippen LogP contribution in [0.1, 0.15) is 11.1 Å². The lowest BCUT2D eigenvalue weighted by Gasteiger charge is -2.15. The largest absolute Gasteiger partial charge is 0.493 e. The van der Waals surface area contributed by atoms with Crippen molar-refractivity contribution < 1.29 is 28.1 Å². The molecule has 6 nitrogen and oxygen atoms in total. The van der Waals surface area contributed by atoms with Gasteiger partial charge in [0, 0.05) is 6.07 Å². The van der Waals surface area contributed by atoms with Gasteiger partial charge >= 0.3 is 0 Å². The first-order valence-corrected chi connectivity index (χ1v) is 12.4. The molecule has 0 aromatic heterocycles. The number of hydrogen-bond donors (Lipinski definition) is 0. The van der Waals surface area contributed by atoms with Gasteiger partial charge in [-0.1, -0.05) is 36.1 Å². The van der Waals surface area contributed by atoms with Crippen LogP contribution in [0.5, 0.6) is 23.0 Å². The fourth-order valence-corrected chi connectivity index (χ4v) is 5.44. The van der Waals surface area contributed by atoms with Gasteiger partial charge in [-0.15, -0.1) is 0 Å². The minimum absolute atomic E-state index is 0.150. The molecule has 35 heavy (non-hydrogen) atoms. The number of thioether (sulfide) groups is 1. The maximum Gasteiger partial charge on any atom is 0.270 e. The predicted octanol–water partition coefficient (Wildman–Crippen LogP) is 6.31. The number of amides is 1.